The van der Waals surface area contributed by atoms with Crippen LogP contribution in [0.5, 0.6) is 0 Å². The standard InChI is InChI=1S/C11H15N.ClH/c1-3-8-12-9-11-7-5-4-6-10(11)2;/h3-7,12H,1,8-9H2,2H3;1H/p-1. The Kier molecular flexibility index (Phi) is 6.29. The number of aryl methyl sites for hydroxylation is 1. The van der Waals surface area contributed by atoms with Crippen molar-refractivity contribution in [1.82, 2.24) is 5.32 Å². The predicted octanol–water partition coefficient (Wildman–Crippen LogP) is -0.725. The van der Waals surface area contributed by atoms with Crippen molar-refractivity contribution in [1.29, 1.82) is 0 Å². The number of hydrogen-bond donors (Lipinski definition) is 1. The molecule has 0 saturated carbocycles. The molecule has 2 heteroatoms. The second kappa shape index (κ2) is 6.70. The van der Waals surface area contributed by atoms with Crippen molar-refractivity contribution in [3.05, 3.63) is 48.0 Å². The molecule has 72 valence electrons. The molecule has 0 aliphatic rings. The van der Waals surface area contributed by atoms with E-state index in [4.69, 9.17) is 0 Å². The van der Waals surface area contributed by atoms with Gasteiger partial charge in [-0.25, -0.2) is 0 Å². The number of halogens is 1. The molecule has 0 heterocycles. The van der Waals surface area contributed by atoms with E-state index in [0.717, 1.165) is 13.1 Å². The molecule has 0 aromatic heterocycles. The third-order valence-electron chi connectivity index (χ3n) is 1.87. The van der Waals surface area contributed by atoms with E-state index in [1.54, 1.807) is 0 Å². The first-order chi connectivity index (χ1) is 5.84. The van der Waals surface area contributed by atoms with Crippen LogP contribution in [0.25, 0.3) is 0 Å². The Bertz CT molecular complexity index is 258. The van der Waals surface area contributed by atoms with Crippen LogP contribution in [0.15, 0.2) is 36.9 Å². The predicted molar refractivity (Wildman–Crippen MR) is 53.1 cm³/mol. The summed E-state index contributed by atoms with van der Waals surface area (Å²) in [5, 5.41) is 3.27. The fourth-order valence-corrected chi connectivity index (χ4v) is 1.12. The molecule has 1 N–H and O–H groups in total. The molecule has 0 amide bonds. The van der Waals surface area contributed by atoms with E-state index < -0.39 is 0 Å². The molecule has 0 spiro atoms. The van der Waals surface area contributed by atoms with Crippen molar-refractivity contribution in [3.63, 3.8) is 0 Å². The number of rotatable bonds is 4. The molecule has 1 aromatic carbocycles. The minimum absolute atomic E-state index is 0. The highest BCUT2D eigenvalue weighted by molar-refractivity contribution is 5.25. The monoisotopic (exact) mass is 196 g/mol. The third kappa shape index (κ3) is 4.11. The second-order valence-electron chi connectivity index (χ2n) is 2.85. The lowest BCUT2D eigenvalue weighted by Gasteiger charge is -2.04. The highest BCUT2D eigenvalue weighted by Crippen LogP contribution is 2.05. The molecule has 0 atom stereocenters. The molecule has 1 rings (SSSR count). The van der Waals surface area contributed by atoms with Gasteiger partial charge >= 0.3 is 0 Å². The van der Waals surface area contributed by atoms with Crippen molar-refractivity contribution in [3.8, 4) is 0 Å². The van der Waals surface area contributed by atoms with Gasteiger partial charge in [0.15, 0.2) is 0 Å². The Morgan fingerprint density at radius 3 is 2.69 bits per heavy atom. The maximum Gasteiger partial charge on any atom is 0.0211 e. The molecule has 1 aromatic rings. The maximum absolute atomic E-state index is 3.65. The van der Waals surface area contributed by atoms with Crippen LogP contribution in [0.3, 0.4) is 0 Å². The zero-order chi connectivity index (χ0) is 8.81. The van der Waals surface area contributed by atoms with Crippen LogP contribution in [-0.2, 0) is 6.54 Å². The SMILES string of the molecule is C=CCNCc1ccccc1C.[Cl-]. The number of nitrogens with one attached hydrogen (secondary N) is 1. The Hall–Kier alpha value is -0.790. The van der Waals surface area contributed by atoms with Gasteiger partial charge in [-0.15, -0.1) is 6.58 Å². The molecule has 0 fully saturated rings. The summed E-state index contributed by atoms with van der Waals surface area (Å²) >= 11 is 0. The van der Waals surface area contributed by atoms with Gasteiger partial charge in [-0.3, -0.25) is 0 Å². The van der Waals surface area contributed by atoms with E-state index in [2.05, 4.69) is 43.1 Å². The summed E-state index contributed by atoms with van der Waals surface area (Å²) in [6.45, 7) is 7.58. The molecule has 0 bridgehead atoms. The lowest BCUT2D eigenvalue weighted by Crippen LogP contribution is -3.00. The lowest BCUT2D eigenvalue weighted by atomic mass is 10.1. The van der Waals surface area contributed by atoms with Crippen molar-refractivity contribution in [2.24, 2.45) is 0 Å². The molecule has 0 radical (unpaired) electrons. The molecule has 0 unspecified atom stereocenters. The minimum Gasteiger partial charge on any atom is -1.00 e. The molecule has 13 heavy (non-hydrogen) atoms. The van der Waals surface area contributed by atoms with Gasteiger partial charge in [0.2, 0.25) is 0 Å². The Morgan fingerprint density at radius 1 is 1.38 bits per heavy atom. The molecule has 0 aliphatic carbocycles. The average molecular weight is 197 g/mol. The van der Waals surface area contributed by atoms with E-state index in [9.17, 15) is 0 Å². The lowest BCUT2D eigenvalue weighted by molar-refractivity contribution is -0.00000256. The van der Waals surface area contributed by atoms with E-state index in [-0.39, 0.29) is 12.4 Å². The summed E-state index contributed by atoms with van der Waals surface area (Å²) in [5.74, 6) is 0. The van der Waals surface area contributed by atoms with Crippen molar-refractivity contribution < 1.29 is 12.4 Å². The zero-order valence-corrected chi connectivity index (χ0v) is 8.64. The second-order valence-corrected chi connectivity index (χ2v) is 2.85. The third-order valence-corrected chi connectivity index (χ3v) is 1.87. The fourth-order valence-electron chi connectivity index (χ4n) is 1.12. The summed E-state index contributed by atoms with van der Waals surface area (Å²) in [7, 11) is 0. The highest BCUT2D eigenvalue weighted by Gasteiger charge is 1.93. The Balaban J connectivity index is 0.00000144. The topological polar surface area (TPSA) is 12.0 Å². The summed E-state index contributed by atoms with van der Waals surface area (Å²) < 4.78 is 0. The van der Waals surface area contributed by atoms with Crippen molar-refractivity contribution in [2.75, 3.05) is 6.54 Å². The van der Waals surface area contributed by atoms with Gasteiger partial charge in [0.05, 0.1) is 0 Å². The number of benzene rings is 1. The summed E-state index contributed by atoms with van der Waals surface area (Å²) in [4.78, 5) is 0. The van der Waals surface area contributed by atoms with Gasteiger partial charge in [-0.05, 0) is 18.1 Å². The zero-order valence-electron chi connectivity index (χ0n) is 7.89. The van der Waals surface area contributed by atoms with E-state index >= 15 is 0 Å². The van der Waals surface area contributed by atoms with Gasteiger partial charge in [0, 0.05) is 13.1 Å². The van der Waals surface area contributed by atoms with Crippen molar-refractivity contribution >= 4 is 0 Å². The first-order valence-electron chi connectivity index (χ1n) is 4.20. The molecular formula is C11H15ClN-. The quantitative estimate of drug-likeness (QED) is 0.495. The minimum atomic E-state index is 0. The van der Waals surface area contributed by atoms with Crippen LogP contribution >= 0.6 is 0 Å². The normalized spacial score (nSPS) is 9.00. The molecule has 0 saturated heterocycles. The molecule has 1 nitrogen and oxygen atoms in total. The molecular weight excluding hydrogens is 182 g/mol. The van der Waals surface area contributed by atoms with Crippen LogP contribution in [0, 0.1) is 6.92 Å². The van der Waals surface area contributed by atoms with Crippen LogP contribution < -0.4 is 17.7 Å². The maximum atomic E-state index is 3.65. The smallest absolute Gasteiger partial charge is 0.0211 e. The summed E-state index contributed by atoms with van der Waals surface area (Å²) in [5.41, 5.74) is 2.70. The van der Waals surface area contributed by atoms with Gasteiger partial charge < -0.3 is 17.7 Å². The van der Waals surface area contributed by atoms with Gasteiger partial charge in [-0.2, -0.15) is 0 Å². The van der Waals surface area contributed by atoms with E-state index in [0.29, 0.717) is 0 Å². The molecule has 0 aliphatic heterocycles. The Labute approximate surface area is 86.3 Å². The van der Waals surface area contributed by atoms with E-state index in [1.807, 2.05) is 6.08 Å². The first kappa shape index (κ1) is 12.2. The van der Waals surface area contributed by atoms with Gasteiger partial charge in [0.1, 0.15) is 0 Å². The highest BCUT2D eigenvalue weighted by atomic mass is 35.5. The van der Waals surface area contributed by atoms with Crippen LogP contribution in [0.1, 0.15) is 11.1 Å². The first-order valence-corrected chi connectivity index (χ1v) is 4.20. The van der Waals surface area contributed by atoms with Gasteiger partial charge in [-0.1, -0.05) is 30.3 Å². The van der Waals surface area contributed by atoms with Crippen LogP contribution in [0.4, 0.5) is 0 Å². The van der Waals surface area contributed by atoms with Crippen LogP contribution in [-0.4, -0.2) is 6.54 Å². The largest absolute Gasteiger partial charge is 1.00 e. The van der Waals surface area contributed by atoms with Gasteiger partial charge in [0.25, 0.3) is 0 Å². The summed E-state index contributed by atoms with van der Waals surface area (Å²) in [6, 6.07) is 8.40. The summed E-state index contributed by atoms with van der Waals surface area (Å²) in [6.07, 6.45) is 1.87. The Morgan fingerprint density at radius 2 is 2.08 bits per heavy atom. The fraction of sp³-hybridized carbons (Fsp3) is 0.273. The van der Waals surface area contributed by atoms with Crippen LogP contribution in [0.2, 0.25) is 0 Å². The average Bonchev–Trinajstić information content (AvgIpc) is 2.09. The van der Waals surface area contributed by atoms with Crippen molar-refractivity contribution in [2.45, 2.75) is 13.5 Å². The van der Waals surface area contributed by atoms with E-state index in [1.165, 1.54) is 11.1 Å². The number of hydrogen-bond acceptors (Lipinski definition) is 1.